The molecule has 24 heavy (non-hydrogen) atoms. The van der Waals surface area contributed by atoms with E-state index in [2.05, 4.69) is 10.1 Å². The average molecular weight is 331 g/mol. The zero-order chi connectivity index (χ0) is 17.4. The Kier molecular flexibility index (Phi) is 3.92. The normalized spacial score (nSPS) is 11.3. The summed E-state index contributed by atoms with van der Waals surface area (Å²) in [5.74, 6) is 0.818. The van der Waals surface area contributed by atoms with E-state index < -0.39 is 11.2 Å². The Balaban J connectivity index is 2.38. The third kappa shape index (κ3) is 2.47. The van der Waals surface area contributed by atoms with Crippen molar-refractivity contribution < 1.29 is 9.15 Å². The van der Waals surface area contributed by atoms with Crippen molar-refractivity contribution in [2.24, 2.45) is 7.05 Å². The molecule has 0 spiro atoms. The second-order valence-corrected chi connectivity index (χ2v) is 5.54. The molecule has 3 heterocycles. The smallest absolute Gasteiger partial charge is 0.394 e. The Morgan fingerprint density at radius 3 is 2.71 bits per heavy atom. The first kappa shape index (κ1) is 15.9. The van der Waals surface area contributed by atoms with Gasteiger partial charge in [0.25, 0.3) is 0 Å². The molecular weight excluding hydrogens is 314 g/mol. The van der Waals surface area contributed by atoms with E-state index in [1.165, 1.54) is 11.7 Å². The predicted octanol–water partition coefficient (Wildman–Crippen LogP) is 0.444. The molecule has 0 amide bonds. The molecule has 0 saturated heterocycles. The van der Waals surface area contributed by atoms with Crippen molar-refractivity contribution in [2.75, 3.05) is 0 Å². The van der Waals surface area contributed by atoms with Crippen LogP contribution in [-0.4, -0.2) is 19.3 Å². The maximum atomic E-state index is 12.7. The van der Waals surface area contributed by atoms with Crippen molar-refractivity contribution in [3.05, 3.63) is 43.9 Å². The number of hydrogen-bond acceptors (Lipinski definition) is 6. The molecular formula is C15H17N5O4. The summed E-state index contributed by atoms with van der Waals surface area (Å²) in [5, 5.41) is 16.9. The summed E-state index contributed by atoms with van der Waals surface area (Å²) in [5.41, 5.74) is -1.66. The van der Waals surface area contributed by atoms with Crippen molar-refractivity contribution in [2.45, 2.75) is 33.2 Å². The highest BCUT2D eigenvalue weighted by atomic mass is 16.5. The van der Waals surface area contributed by atoms with Crippen LogP contribution in [0.4, 0.5) is 0 Å². The lowest BCUT2D eigenvalue weighted by molar-refractivity contribution is -0.588. The second kappa shape index (κ2) is 5.91. The molecule has 0 aliphatic carbocycles. The first-order valence-electron chi connectivity index (χ1n) is 7.62. The minimum Gasteiger partial charge on any atom is -0.710 e. The van der Waals surface area contributed by atoms with Crippen LogP contribution in [0, 0.1) is 12.1 Å². The lowest BCUT2D eigenvalue weighted by atomic mass is 10.3. The van der Waals surface area contributed by atoms with Gasteiger partial charge in [0.2, 0.25) is 17.3 Å². The van der Waals surface area contributed by atoms with E-state index in [1.54, 1.807) is 19.1 Å². The van der Waals surface area contributed by atoms with Gasteiger partial charge in [-0.15, -0.1) is 4.68 Å². The van der Waals surface area contributed by atoms with Crippen LogP contribution in [0.5, 0.6) is 0 Å². The lowest BCUT2D eigenvalue weighted by Crippen LogP contribution is -2.47. The Labute approximate surface area is 136 Å². The molecule has 0 N–H and O–H groups in total. The number of furan rings is 1. The van der Waals surface area contributed by atoms with E-state index in [0.717, 1.165) is 17.4 Å². The first-order valence-corrected chi connectivity index (χ1v) is 7.62. The minimum atomic E-state index is -0.721. The van der Waals surface area contributed by atoms with Gasteiger partial charge >= 0.3 is 17.1 Å². The Bertz CT molecular complexity index is 985. The molecule has 3 rings (SSSR count). The van der Waals surface area contributed by atoms with Gasteiger partial charge in [0.1, 0.15) is 5.76 Å². The molecule has 9 nitrogen and oxygen atoms in total. The topological polar surface area (TPSA) is 110 Å². The van der Waals surface area contributed by atoms with Crippen molar-refractivity contribution in [1.29, 1.82) is 0 Å². The zero-order valence-corrected chi connectivity index (χ0v) is 13.6. The van der Waals surface area contributed by atoms with Gasteiger partial charge in [-0.2, -0.15) is 4.98 Å². The van der Waals surface area contributed by atoms with Crippen LogP contribution in [0.2, 0.25) is 0 Å². The molecule has 1 aromatic heterocycles. The van der Waals surface area contributed by atoms with Crippen molar-refractivity contribution in [1.82, 2.24) is 19.3 Å². The molecule has 0 bridgehead atoms. The first-order chi connectivity index (χ1) is 11.4. The summed E-state index contributed by atoms with van der Waals surface area (Å²) >= 11 is 0. The van der Waals surface area contributed by atoms with E-state index in [-0.39, 0.29) is 23.1 Å². The van der Waals surface area contributed by atoms with Crippen molar-refractivity contribution in [3.63, 3.8) is 0 Å². The third-order valence-electron chi connectivity index (χ3n) is 3.75. The lowest BCUT2D eigenvalue weighted by Gasteiger charge is -2.15. The number of hydrogen-bond donors (Lipinski definition) is 0. The van der Waals surface area contributed by atoms with Gasteiger partial charge < -0.3 is 9.62 Å². The highest BCUT2D eigenvalue weighted by molar-refractivity contribution is 5.49. The van der Waals surface area contributed by atoms with Gasteiger partial charge in [-0.05, 0) is 25.5 Å². The van der Waals surface area contributed by atoms with E-state index >= 15 is 0 Å². The number of rotatable bonds is 4. The summed E-state index contributed by atoms with van der Waals surface area (Å²) in [6.45, 7) is 4.18. The Hall–Kier alpha value is -2.97. The third-order valence-corrected chi connectivity index (χ3v) is 3.75. The van der Waals surface area contributed by atoms with Gasteiger partial charge in [-0.1, -0.05) is 13.3 Å². The number of unbranched alkanes of at least 4 members (excludes halogenated alkanes) is 1. The number of nitrogens with zero attached hydrogens (tertiary/aromatic N) is 5. The van der Waals surface area contributed by atoms with E-state index in [1.807, 2.05) is 6.92 Å². The predicted molar refractivity (Wildman–Crippen MR) is 84.5 cm³/mol. The zero-order valence-electron chi connectivity index (χ0n) is 13.6. The molecule has 2 aliphatic rings. The largest absolute Gasteiger partial charge is 0.710 e. The maximum absolute atomic E-state index is 12.7. The van der Waals surface area contributed by atoms with Crippen LogP contribution in [0.3, 0.4) is 0 Å². The highest BCUT2D eigenvalue weighted by Crippen LogP contribution is 2.19. The summed E-state index contributed by atoms with van der Waals surface area (Å²) < 4.78 is 8.07. The molecule has 2 aliphatic heterocycles. The quantitative estimate of drug-likeness (QED) is 0.507. The van der Waals surface area contributed by atoms with Crippen LogP contribution < -0.4 is 16.0 Å². The molecule has 0 atom stereocenters. The molecule has 126 valence electrons. The highest BCUT2D eigenvalue weighted by Gasteiger charge is 2.30. The van der Waals surface area contributed by atoms with Crippen LogP contribution in [-0.2, 0) is 13.6 Å². The molecule has 9 heteroatoms. The molecule has 0 aromatic carbocycles. The SMILES string of the molecule is CCCCn1nc(-c2ccc(C)o2)[n+]([O-])c2c(=O)n(C)c(=O)nc1-2. The van der Waals surface area contributed by atoms with E-state index in [4.69, 9.17) is 4.42 Å². The Morgan fingerprint density at radius 1 is 1.33 bits per heavy atom. The van der Waals surface area contributed by atoms with Crippen LogP contribution in [0.15, 0.2) is 26.1 Å². The molecule has 0 radical (unpaired) electrons. The minimum absolute atomic E-state index is 0.0152. The fraction of sp³-hybridized carbons (Fsp3) is 0.400. The van der Waals surface area contributed by atoms with Crippen LogP contribution in [0.1, 0.15) is 25.5 Å². The standard InChI is InChI=1S/C15H17N5O4/c1-4-5-8-19-13-11(14(21)18(3)15(22)16-13)20(23)12(17-19)10-7-6-9(2)24-10/h6-7H,4-5,8H2,1-3H3. The summed E-state index contributed by atoms with van der Waals surface area (Å²) in [7, 11) is 1.28. The fourth-order valence-electron chi connectivity index (χ4n) is 2.39. The maximum Gasteiger partial charge on any atom is 0.394 e. The fourth-order valence-corrected chi connectivity index (χ4v) is 2.39. The van der Waals surface area contributed by atoms with Crippen molar-refractivity contribution in [3.8, 4) is 23.1 Å². The molecule has 0 fully saturated rings. The van der Waals surface area contributed by atoms with Crippen LogP contribution >= 0.6 is 0 Å². The molecule has 1 aromatic rings. The summed E-state index contributed by atoms with van der Waals surface area (Å²) in [6, 6.07) is 3.32. The molecule has 0 unspecified atom stereocenters. The van der Waals surface area contributed by atoms with Gasteiger partial charge in [0.15, 0.2) is 0 Å². The van der Waals surface area contributed by atoms with Gasteiger partial charge in [0.05, 0.1) is 11.6 Å². The average Bonchev–Trinajstić information content (AvgIpc) is 2.98. The summed E-state index contributed by atoms with van der Waals surface area (Å²) in [6.07, 6.45) is 1.64. The van der Waals surface area contributed by atoms with Gasteiger partial charge in [-0.25, -0.2) is 9.52 Å². The van der Waals surface area contributed by atoms with Crippen LogP contribution in [0.25, 0.3) is 23.1 Å². The van der Waals surface area contributed by atoms with Gasteiger partial charge in [-0.3, -0.25) is 9.36 Å². The summed E-state index contributed by atoms with van der Waals surface area (Å²) in [4.78, 5) is 28.1. The monoisotopic (exact) mass is 331 g/mol. The van der Waals surface area contributed by atoms with Crippen molar-refractivity contribution >= 4 is 0 Å². The Morgan fingerprint density at radius 2 is 2.08 bits per heavy atom. The van der Waals surface area contributed by atoms with E-state index in [9.17, 15) is 14.8 Å². The number of aromatic nitrogens is 5. The second-order valence-electron chi connectivity index (χ2n) is 5.54. The number of fused-ring (bicyclic) bond motifs is 1. The number of aryl methyl sites for hydroxylation is 2. The molecule has 0 saturated carbocycles. The van der Waals surface area contributed by atoms with Gasteiger partial charge in [0, 0.05) is 7.05 Å². The van der Waals surface area contributed by atoms with E-state index in [0.29, 0.717) is 17.0 Å².